The first-order chi connectivity index (χ1) is 6.72. The molecular formula is C11H11NO2. The van der Waals surface area contributed by atoms with Crippen molar-refractivity contribution < 1.29 is 9.32 Å². The van der Waals surface area contributed by atoms with Crippen LogP contribution in [0.2, 0.25) is 0 Å². The van der Waals surface area contributed by atoms with E-state index in [4.69, 9.17) is 4.52 Å². The van der Waals surface area contributed by atoms with E-state index in [2.05, 4.69) is 5.16 Å². The average Bonchev–Trinajstić information content (AvgIpc) is 2.59. The summed E-state index contributed by atoms with van der Waals surface area (Å²) in [5.74, 6) is 0.919. The van der Waals surface area contributed by atoms with Crippen molar-refractivity contribution in [1.29, 1.82) is 0 Å². The van der Waals surface area contributed by atoms with Gasteiger partial charge >= 0.3 is 0 Å². The molecule has 0 amide bonds. The topological polar surface area (TPSA) is 43.1 Å². The molecule has 1 aromatic carbocycles. The highest BCUT2D eigenvalue weighted by Crippen LogP contribution is 2.20. The van der Waals surface area contributed by atoms with Crippen LogP contribution in [0.1, 0.15) is 30.0 Å². The van der Waals surface area contributed by atoms with Crippen molar-refractivity contribution in [3.63, 3.8) is 0 Å². The lowest BCUT2D eigenvalue weighted by Crippen LogP contribution is -1.90. The van der Waals surface area contributed by atoms with Gasteiger partial charge in [-0.15, -0.1) is 0 Å². The summed E-state index contributed by atoms with van der Waals surface area (Å²) in [6.07, 6.45) is 0.815. The lowest BCUT2D eigenvalue weighted by molar-refractivity contribution is 0.101. The third-order valence-corrected chi connectivity index (χ3v) is 2.28. The number of fused-ring (bicyclic) bond motifs is 1. The molecule has 2 aromatic rings. The number of Topliss-reactive ketones (excluding diaryl/α,β-unsaturated/α-hetero) is 1. The predicted molar refractivity (Wildman–Crippen MR) is 53.4 cm³/mol. The van der Waals surface area contributed by atoms with Gasteiger partial charge in [-0.25, -0.2) is 0 Å². The highest BCUT2D eigenvalue weighted by Gasteiger charge is 2.08. The number of aromatic nitrogens is 1. The number of rotatable bonds is 2. The van der Waals surface area contributed by atoms with Gasteiger partial charge in [0.1, 0.15) is 11.3 Å². The van der Waals surface area contributed by atoms with E-state index in [1.54, 1.807) is 19.1 Å². The van der Waals surface area contributed by atoms with Gasteiger partial charge in [-0.2, -0.15) is 0 Å². The van der Waals surface area contributed by atoms with Gasteiger partial charge in [0.15, 0.2) is 5.78 Å². The Morgan fingerprint density at radius 2 is 2.29 bits per heavy atom. The number of hydrogen-bond acceptors (Lipinski definition) is 3. The molecule has 3 heteroatoms. The molecular weight excluding hydrogens is 178 g/mol. The molecule has 0 fully saturated rings. The van der Waals surface area contributed by atoms with Gasteiger partial charge in [0.25, 0.3) is 0 Å². The summed E-state index contributed by atoms with van der Waals surface area (Å²) in [5.41, 5.74) is 1.43. The number of aryl methyl sites for hydroxylation is 1. The van der Waals surface area contributed by atoms with Crippen molar-refractivity contribution in [2.45, 2.75) is 20.3 Å². The molecule has 72 valence electrons. The van der Waals surface area contributed by atoms with Crippen LogP contribution in [0.5, 0.6) is 0 Å². The fraction of sp³-hybridized carbons (Fsp3) is 0.273. The highest BCUT2D eigenvalue weighted by atomic mass is 16.5. The number of carbonyl (C=O) groups is 1. The van der Waals surface area contributed by atoms with Gasteiger partial charge in [-0.05, 0) is 19.1 Å². The minimum atomic E-state index is 0.0490. The molecule has 0 spiro atoms. The van der Waals surface area contributed by atoms with E-state index in [-0.39, 0.29) is 5.78 Å². The third-order valence-electron chi connectivity index (χ3n) is 2.28. The maximum atomic E-state index is 11.1. The highest BCUT2D eigenvalue weighted by molar-refractivity contribution is 5.97. The van der Waals surface area contributed by atoms with Crippen LogP contribution in [-0.4, -0.2) is 10.9 Å². The number of hydrogen-bond donors (Lipinski definition) is 0. The molecule has 0 saturated heterocycles. The maximum Gasteiger partial charge on any atom is 0.159 e. The van der Waals surface area contributed by atoms with Gasteiger partial charge < -0.3 is 4.52 Å². The van der Waals surface area contributed by atoms with E-state index in [0.29, 0.717) is 5.56 Å². The Balaban J connectivity index is 2.63. The van der Waals surface area contributed by atoms with E-state index >= 15 is 0 Å². The van der Waals surface area contributed by atoms with E-state index in [1.807, 2.05) is 13.0 Å². The van der Waals surface area contributed by atoms with E-state index in [9.17, 15) is 4.79 Å². The summed E-state index contributed by atoms with van der Waals surface area (Å²) < 4.78 is 5.14. The van der Waals surface area contributed by atoms with Crippen molar-refractivity contribution >= 4 is 16.7 Å². The molecule has 0 aliphatic rings. The summed E-state index contributed by atoms with van der Waals surface area (Å²) >= 11 is 0. The van der Waals surface area contributed by atoms with Crippen molar-refractivity contribution in [2.75, 3.05) is 0 Å². The number of carbonyl (C=O) groups excluding carboxylic acids is 1. The summed E-state index contributed by atoms with van der Waals surface area (Å²) in [6, 6.07) is 5.46. The molecule has 0 radical (unpaired) electrons. The van der Waals surface area contributed by atoms with E-state index < -0.39 is 0 Å². The third kappa shape index (κ3) is 1.31. The normalized spacial score (nSPS) is 10.7. The van der Waals surface area contributed by atoms with Crippen molar-refractivity contribution in [3.05, 3.63) is 29.5 Å². The average molecular weight is 189 g/mol. The number of benzene rings is 1. The summed E-state index contributed by atoms with van der Waals surface area (Å²) in [5, 5.41) is 4.90. The van der Waals surface area contributed by atoms with Gasteiger partial charge in [-0.1, -0.05) is 18.1 Å². The van der Waals surface area contributed by atoms with Crippen LogP contribution in [0, 0.1) is 0 Å². The second-order valence-corrected chi connectivity index (χ2v) is 3.25. The zero-order chi connectivity index (χ0) is 10.1. The second-order valence-electron chi connectivity index (χ2n) is 3.25. The molecule has 2 rings (SSSR count). The minimum Gasteiger partial charge on any atom is -0.360 e. The van der Waals surface area contributed by atoms with Crippen LogP contribution in [0.15, 0.2) is 22.7 Å². The van der Waals surface area contributed by atoms with E-state index in [1.165, 1.54) is 0 Å². The van der Waals surface area contributed by atoms with Crippen molar-refractivity contribution in [2.24, 2.45) is 0 Å². The smallest absolute Gasteiger partial charge is 0.159 e. The Bertz CT molecular complexity index is 485. The fourth-order valence-electron chi connectivity index (χ4n) is 1.47. The Morgan fingerprint density at radius 3 is 2.93 bits per heavy atom. The number of nitrogens with zero attached hydrogens (tertiary/aromatic N) is 1. The predicted octanol–water partition coefficient (Wildman–Crippen LogP) is 2.59. The zero-order valence-corrected chi connectivity index (χ0v) is 8.20. The molecule has 14 heavy (non-hydrogen) atoms. The molecule has 0 bridgehead atoms. The molecule has 0 unspecified atom stereocenters. The molecule has 0 aliphatic carbocycles. The molecule has 3 nitrogen and oxygen atoms in total. The summed E-state index contributed by atoms with van der Waals surface area (Å²) in [4.78, 5) is 11.1. The minimum absolute atomic E-state index is 0.0490. The quantitative estimate of drug-likeness (QED) is 0.682. The molecule has 1 aromatic heterocycles. The van der Waals surface area contributed by atoms with Crippen LogP contribution >= 0.6 is 0 Å². The van der Waals surface area contributed by atoms with Crippen LogP contribution in [0.25, 0.3) is 10.9 Å². The van der Waals surface area contributed by atoms with Crippen LogP contribution in [0.4, 0.5) is 0 Å². The lowest BCUT2D eigenvalue weighted by Gasteiger charge is -1.94. The Morgan fingerprint density at radius 1 is 1.50 bits per heavy atom. The summed E-state index contributed by atoms with van der Waals surface area (Å²) in [6.45, 7) is 3.56. The Kier molecular flexibility index (Phi) is 2.08. The molecule has 0 N–H and O–H groups in total. The standard InChI is InChI=1S/C11H11NO2/c1-3-11-9-5-4-8(7(2)13)6-10(9)12-14-11/h4-6H,3H2,1-2H3. The Hall–Kier alpha value is -1.64. The molecule has 0 saturated carbocycles. The van der Waals surface area contributed by atoms with Crippen LogP contribution in [0.3, 0.4) is 0 Å². The Labute approximate surface area is 81.7 Å². The van der Waals surface area contributed by atoms with Gasteiger partial charge in [0.05, 0.1) is 0 Å². The SMILES string of the molecule is CCc1onc2cc(C(C)=O)ccc12. The maximum absolute atomic E-state index is 11.1. The van der Waals surface area contributed by atoms with Crippen LogP contribution < -0.4 is 0 Å². The summed E-state index contributed by atoms with van der Waals surface area (Å²) in [7, 11) is 0. The fourth-order valence-corrected chi connectivity index (χ4v) is 1.47. The largest absolute Gasteiger partial charge is 0.360 e. The molecule has 0 aliphatic heterocycles. The second kappa shape index (κ2) is 3.25. The first kappa shape index (κ1) is 8.94. The van der Waals surface area contributed by atoms with Crippen molar-refractivity contribution in [1.82, 2.24) is 5.16 Å². The first-order valence-corrected chi connectivity index (χ1v) is 4.61. The zero-order valence-electron chi connectivity index (χ0n) is 8.20. The molecule has 0 atom stereocenters. The monoisotopic (exact) mass is 189 g/mol. The first-order valence-electron chi connectivity index (χ1n) is 4.61. The number of ketones is 1. The lowest BCUT2D eigenvalue weighted by atomic mass is 10.1. The van der Waals surface area contributed by atoms with Crippen LogP contribution in [-0.2, 0) is 6.42 Å². The van der Waals surface area contributed by atoms with Gasteiger partial charge in [0.2, 0.25) is 0 Å². The van der Waals surface area contributed by atoms with Gasteiger partial charge in [0, 0.05) is 17.4 Å². The molecule has 1 heterocycles. The van der Waals surface area contributed by atoms with Crippen molar-refractivity contribution in [3.8, 4) is 0 Å². The van der Waals surface area contributed by atoms with Gasteiger partial charge in [-0.3, -0.25) is 4.79 Å². The van der Waals surface area contributed by atoms with E-state index in [0.717, 1.165) is 23.1 Å².